The minimum Gasteiger partial charge on any atom is -0.493 e. The maximum Gasteiger partial charge on any atom is 0.416 e. The van der Waals surface area contributed by atoms with Gasteiger partial charge in [-0.2, -0.15) is 5.10 Å². The second-order valence-corrected chi connectivity index (χ2v) is 10.9. The van der Waals surface area contributed by atoms with Crippen molar-refractivity contribution in [1.82, 2.24) is 29.0 Å². The summed E-state index contributed by atoms with van der Waals surface area (Å²) in [6.07, 6.45) is 3.36. The van der Waals surface area contributed by atoms with E-state index in [2.05, 4.69) is 20.0 Å². The molecule has 0 radical (unpaired) electrons. The number of nitrogens with zero attached hydrogens (tertiary/aromatic N) is 7. The summed E-state index contributed by atoms with van der Waals surface area (Å²) >= 11 is 0. The summed E-state index contributed by atoms with van der Waals surface area (Å²) in [6.45, 7) is 11.8. The Balaban J connectivity index is 1.56. The second kappa shape index (κ2) is 9.75. The van der Waals surface area contributed by atoms with Crippen molar-refractivity contribution in [2.75, 3.05) is 38.2 Å². The molecule has 1 saturated heterocycles. The summed E-state index contributed by atoms with van der Waals surface area (Å²) in [7, 11) is 1.54. The normalized spacial score (nSPS) is 14.4. The highest BCUT2D eigenvalue weighted by molar-refractivity contribution is 6.00. The van der Waals surface area contributed by atoms with Crippen LogP contribution in [0.15, 0.2) is 30.9 Å². The van der Waals surface area contributed by atoms with Gasteiger partial charge in [-0.1, -0.05) is 13.8 Å². The number of aromatic nitrogens is 5. The van der Waals surface area contributed by atoms with Crippen LogP contribution in [0.4, 0.5) is 15.4 Å². The zero-order valence-corrected chi connectivity index (χ0v) is 23.0. The van der Waals surface area contributed by atoms with Crippen LogP contribution in [0.5, 0.6) is 5.75 Å². The maximum absolute atomic E-state index is 12.6. The average molecular weight is 536 g/mol. The van der Waals surface area contributed by atoms with Gasteiger partial charge in [0.1, 0.15) is 17.7 Å². The van der Waals surface area contributed by atoms with E-state index in [-0.39, 0.29) is 12.0 Å². The molecule has 4 aromatic heterocycles. The van der Waals surface area contributed by atoms with Crippen LogP contribution in [-0.4, -0.2) is 85.2 Å². The molecule has 39 heavy (non-hydrogen) atoms. The maximum atomic E-state index is 12.6. The van der Waals surface area contributed by atoms with Gasteiger partial charge in [-0.3, -0.25) is 0 Å². The highest BCUT2D eigenvalue weighted by Crippen LogP contribution is 2.40. The fourth-order valence-electron chi connectivity index (χ4n) is 5.06. The highest BCUT2D eigenvalue weighted by atomic mass is 16.6. The summed E-state index contributed by atoms with van der Waals surface area (Å²) in [4.78, 5) is 37.8. The first-order valence-electron chi connectivity index (χ1n) is 12.9. The lowest BCUT2D eigenvalue weighted by Crippen LogP contribution is -2.50. The first kappa shape index (κ1) is 26.3. The van der Waals surface area contributed by atoms with Crippen molar-refractivity contribution in [2.45, 2.75) is 46.1 Å². The van der Waals surface area contributed by atoms with Crippen molar-refractivity contribution in [3.8, 4) is 17.0 Å². The number of rotatable bonds is 4. The molecule has 206 valence electrons. The number of carbonyl (C=O) groups excluding carboxylic acids is 1. The van der Waals surface area contributed by atoms with E-state index >= 15 is 0 Å². The van der Waals surface area contributed by atoms with Crippen LogP contribution in [0.2, 0.25) is 0 Å². The summed E-state index contributed by atoms with van der Waals surface area (Å²) in [5.41, 5.74) is 2.54. The molecule has 0 aromatic carbocycles. The van der Waals surface area contributed by atoms with Gasteiger partial charge in [0.05, 0.1) is 24.5 Å². The quantitative estimate of drug-likeness (QED) is 0.403. The lowest BCUT2D eigenvalue weighted by atomic mass is 9.97. The van der Waals surface area contributed by atoms with Crippen LogP contribution in [0.3, 0.4) is 0 Å². The molecule has 1 aliphatic heterocycles. The summed E-state index contributed by atoms with van der Waals surface area (Å²) in [6, 6.07) is 3.73. The van der Waals surface area contributed by atoms with E-state index in [1.165, 1.54) is 10.9 Å². The zero-order valence-electron chi connectivity index (χ0n) is 23.0. The molecule has 1 amide bonds. The van der Waals surface area contributed by atoms with E-state index in [1.807, 2.05) is 40.7 Å². The molecule has 0 saturated carbocycles. The van der Waals surface area contributed by atoms with E-state index in [0.29, 0.717) is 54.3 Å². The predicted octanol–water partition coefficient (Wildman–Crippen LogP) is 4.46. The second-order valence-electron chi connectivity index (χ2n) is 10.9. The third-order valence-corrected chi connectivity index (χ3v) is 6.74. The summed E-state index contributed by atoms with van der Waals surface area (Å²) in [5, 5.41) is 15.4. The first-order valence-corrected chi connectivity index (χ1v) is 12.9. The van der Waals surface area contributed by atoms with Gasteiger partial charge in [0.2, 0.25) is 0 Å². The Bertz CT molecular complexity index is 1560. The number of fused-ring (bicyclic) bond motifs is 2. The molecular formula is C27H33N7O5. The molecule has 0 aliphatic carbocycles. The highest BCUT2D eigenvalue weighted by Gasteiger charge is 2.29. The summed E-state index contributed by atoms with van der Waals surface area (Å²) in [5.74, 6) is 1.22. The Hall–Kier alpha value is -4.35. The molecule has 12 nitrogen and oxygen atoms in total. The zero-order chi connectivity index (χ0) is 28.1. The fourth-order valence-corrected chi connectivity index (χ4v) is 5.06. The summed E-state index contributed by atoms with van der Waals surface area (Å²) < 4.78 is 13.9. The minimum absolute atomic E-state index is 0.000181. The van der Waals surface area contributed by atoms with Crippen LogP contribution in [0.1, 0.15) is 46.1 Å². The average Bonchev–Trinajstić information content (AvgIpc) is 3.49. The molecule has 12 heteroatoms. The van der Waals surface area contributed by atoms with Crippen LogP contribution in [0.25, 0.3) is 27.8 Å². The van der Waals surface area contributed by atoms with Crippen molar-refractivity contribution in [1.29, 1.82) is 0 Å². The molecule has 5 rings (SSSR count). The first-order chi connectivity index (χ1) is 18.5. The monoisotopic (exact) mass is 535 g/mol. The van der Waals surface area contributed by atoms with E-state index in [9.17, 15) is 14.7 Å². The smallest absolute Gasteiger partial charge is 0.416 e. The molecular weight excluding hydrogens is 502 g/mol. The molecule has 0 unspecified atom stereocenters. The van der Waals surface area contributed by atoms with Crippen LogP contribution < -0.4 is 9.64 Å². The van der Waals surface area contributed by atoms with Crippen molar-refractivity contribution in [3.05, 3.63) is 36.4 Å². The topological polar surface area (TPSA) is 127 Å². The minimum atomic E-state index is -1.11. The van der Waals surface area contributed by atoms with Gasteiger partial charge in [-0.05, 0) is 44.4 Å². The molecule has 0 atom stereocenters. The lowest BCUT2D eigenvalue weighted by molar-refractivity contribution is 0.0240. The van der Waals surface area contributed by atoms with E-state index in [0.717, 1.165) is 16.8 Å². The van der Waals surface area contributed by atoms with Gasteiger partial charge in [0.25, 0.3) is 0 Å². The SMILES string of the molecule is COc1cc(-c2c(C(C)C)c3cc(N4CCN(C(=O)OC(C)(C)C)CC4)ncc3n2C(=O)O)cn2ncnc12. The Kier molecular flexibility index (Phi) is 6.57. The molecule has 4 aromatic rings. The molecule has 0 spiro atoms. The van der Waals surface area contributed by atoms with E-state index in [4.69, 9.17) is 9.47 Å². The number of hydrogen-bond acceptors (Lipinski definition) is 8. The molecule has 1 aliphatic rings. The number of pyridine rings is 2. The number of amides is 1. The number of methoxy groups -OCH3 is 1. The van der Waals surface area contributed by atoms with Gasteiger partial charge < -0.3 is 24.4 Å². The third-order valence-electron chi connectivity index (χ3n) is 6.74. The van der Waals surface area contributed by atoms with Crippen LogP contribution in [0, 0.1) is 0 Å². The molecule has 1 N–H and O–H groups in total. The van der Waals surface area contributed by atoms with Crippen LogP contribution >= 0.6 is 0 Å². The van der Waals surface area contributed by atoms with Gasteiger partial charge in [0.15, 0.2) is 11.4 Å². The van der Waals surface area contributed by atoms with Crippen molar-refractivity contribution >= 4 is 34.6 Å². The fraction of sp³-hybridized carbons (Fsp3) is 0.444. The number of carboxylic acid groups (broad SMARTS) is 1. The van der Waals surface area contributed by atoms with Crippen LogP contribution in [-0.2, 0) is 4.74 Å². The van der Waals surface area contributed by atoms with E-state index in [1.54, 1.807) is 35.0 Å². The number of anilines is 1. The van der Waals surface area contributed by atoms with Crippen molar-refractivity contribution in [2.24, 2.45) is 0 Å². The third kappa shape index (κ3) is 4.82. The molecule has 1 fully saturated rings. The number of hydrogen-bond donors (Lipinski definition) is 1. The standard InChI is InChI=1S/C27H33N7O5/c1-16(2)22-18-12-21(31-7-9-32(10-8-31)26(37)39-27(3,4)5)28-13-19(18)34(25(35)36)23(22)17-11-20(38-6)24-29-15-30-33(24)14-17/h11-16H,7-10H2,1-6H3,(H,35,36). The van der Waals surface area contributed by atoms with Gasteiger partial charge >= 0.3 is 12.2 Å². The Morgan fingerprint density at radius 3 is 2.41 bits per heavy atom. The van der Waals surface area contributed by atoms with Gasteiger partial charge in [-0.15, -0.1) is 0 Å². The van der Waals surface area contributed by atoms with Gasteiger partial charge in [0, 0.05) is 43.3 Å². The number of carbonyl (C=O) groups is 2. The molecule has 0 bridgehead atoms. The van der Waals surface area contributed by atoms with Crippen molar-refractivity contribution < 1.29 is 24.2 Å². The lowest BCUT2D eigenvalue weighted by Gasteiger charge is -2.36. The van der Waals surface area contributed by atoms with Gasteiger partial charge in [-0.25, -0.2) is 28.6 Å². The van der Waals surface area contributed by atoms with E-state index < -0.39 is 11.7 Å². The number of piperazine rings is 1. The number of ether oxygens (including phenoxy) is 2. The Morgan fingerprint density at radius 1 is 1.08 bits per heavy atom. The van der Waals surface area contributed by atoms with Crippen molar-refractivity contribution in [3.63, 3.8) is 0 Å². The molecule has 5 heterocycles. The Labute approximate surface area is 225 Å². The Morgan fingerprint density at radius 2 is 1.79 bits per heavy atom. The predicted molar refractivity (Wildman–Crippen MR) is 146 cm³/mol. The largest absolute Gasteiger partial charge is 0.493 e.